The van der Waals surface area contributed by atoms with Gasteiger partial charge < -0.3 is 15.0 Å². The topological polar surface area (TPSA) is 58.6 Å². The van der Waals surface area contributed by atoms with Crippen LogP contribution in [0.5, 0.6) is 5.75 Å². The first-order valence-electron chi connectivity index (χ1n) is 7.31. The van der Waals surface area contributed by atoms with Crippen LogP contribution in [0.1, 0.15) is 24.0 Å². The highest BCUT2D eigenvalue weighted by Crippen LogP contribution is 2.19. The fraction of sp³-hybridized carbons (Fsp3) is 0.500. The van der Waals surface area contributed by atoms with Gasteiger partial charge in [0.1, 0.15) is 5.75 Å². The Balaban J connectivity index is 1.83. The van der Waals surface area contributed by atoms with Gasteiger partial charge in [-0.1, -0.05) is 12.1 Å². The van der Waals surface area contributed by atoms with Gasteiger partial charge in [0.05, 0.1) is 19.6 Å². The lowest BCUT2D eigenvalue weighted by atomic mass is 10.1. The Kier molecular flexibility index (Phi) is 5.20. The first-order valence-corrected chi connectivity index (χ1v) is 7.31. The molecule has 1 aromatic carbocycles. The molecule has 1 fully saturated rings. The van der Waals surface area contributed by atoms with E-state index in [9.17, 15) is 9.59 Å². The van der Waals surface area contributed by atoms with Crippen molar-refractivity contribution in [3.63, 3.8) is 0 Å². The van der Waals surface area contributed by atoms with E-state index in [-0.39, 0.29) is 18.4 Å². The highest BCUT2D eigenvalue weighted by molar-refractivity contribution is 5.85. The number of carbonyl (C=O) groups is 2. The lowest BCUT2D eigenvalue weighted by Gasteiger charge is -2.19. The fourth-order valence-corrected chi connectivity index (χ4v) is 2.29. The average Bonchev–Trinajstić information content (AvgIpc) is 2.67. The number of amides is 2. The summed E-state index contributed by atoms with van der Waals surface area (Å²) >= 11 is 0. The highest BCUT2D eigenvalue weighted by atomic mass is 16.5. The predicted octanol–water partition coefficient (Wildman–Crippen LogP) is 1.42. The van der Waals surface area contributed by atoms with Crippen molar-refractivity contribution in [1.82, 2.24) is 10.2 Å². The lowest BCUT2D eigenvalue weighted by Crippen LogP contribution is -2.37. The quantitative estimate of drug-likeness (QED) is 0.912. The summed E-state index contributed by atoms with van der Waals surface area (Å²) in [5.74, 6) is 0.699. The molecule has 1 heterocycles. The normalized spacial score (nSPS) is 15.3. The van der Waals surface area contributed by atoms with E-state index < -0.39 is 0 Å². The van der Waals surface area contributed by atoms with Gasteiger partial charge in [-0.25, -0.2) is 0 Å². The minimum Gasteiger partial charge on any atom is -0.493 e. The number of aryl methyl sites for hydroxylation is 2. The number of nitrogens with one attached hydrogen (secondary N) is 1. The molecular weight excluding hydrogens is 268 g/mol. The van der Waals surface area contributed by atoms with Crippen molar-refractivity contribution in [2.24, 2.45) is 0 Å². The van der Waals surface area contributed by atoms with Crippen molar-refractivity contribution >= 4 is 11.8 Å². The van der Waals surface area contributed by atoms with Gasteiger partial charge in [0.15, 0.2) is 0 Å². The van der Waals surface area contributed by atoms with Crippen LogP contribution in [-0.4, -0.2) is 43.0 Å². The average molecular weight is 290 g/mol. The summed E-state index contributed by atoms with van der Waals surface area (Å²) in [6, 6.07) is 6.01. The Morgan fingerprint density at radius 1 is 1.38 bits per heavy atom. The largest absolute Gasteiger partial charge is 0.493 e. The Morgan fingerprint density at radius 2 is 2.19 bits per heavy atom. The van der Waals surface area contributed by atoms with Crippen LogP contribution in [-0.2, 0) is 9.59 Å². The summed E-state index contributed by atoms with van der Waals surface area (Å²) in [5, 5.41) is 2.76. The van der Waals surface area contributed by atoms with E-state index >= 15 is 0 Å². The zero-order valence-electron chi connectivity index (χ0n) is 12.6. The van der Waals surface area contributed by atoms with E-state index in [0.29, 0.717) is 26.1 Å². The van der Waals surface area contributed by atoms with E-state index in [1.165, 1.54) is 0 Å². The molecule has 114 valence electrons. The fourth-order valence-electron chi connectivity index (χ4n) is 2.29. The Bertz CT molecular complexity index is 528. The van der Waals surface area contributed by atoms with Crippen LogP contribution in [0.15, 0.2) is 18.2 Å². The third-order valence-electron chi connectivity index (χ3n) is 3.53. The monoisotopic (exact) mass is 290 g/mol. The van der Waals surface area contributed by atoms with E-state index in [1.807, 2.05) is 32.0 Å². The number of ether oxygens (including phenoxy) is 1. The molecule has 0 unspecified atom stereocenters. The molecule has 1 aliphatic heterocycles. The smallest absolute Gasteiger partial charge is 0.239 e. The summed E-state index contributed by atoms with van der Waals surface area (Å²) in [4.78, 5) is 25.1. The molecule has 0 saturated carbocycles. The Morgan fingerprint density at radius 3 is 3.00 bits per heavy atom. The Labute approximate surface area is 125 Å². The molecular formula is C16H22N2O3. The molecule has 0 aliphatic carbocycles. The summed E-state index contributed by atoms with van der Waals surface area (Å²) in [6.45, 7) is 5.75. The summed E-state index contributed by atoms with van der Waals surface area (Å²) in [5.41, 5.74) is 2.19. The molecule has 2 rings (SSSR count). The van der Waals surface area contributed by atoms with Crippen LogP contribution < -0.4 is 10.1 Å². The summed E-state index contributed by atoms with van der Waals surface area (Å²) < 4.78 is 5.69. The van der Waals surface area contributed by atoms with Gasteiger partial charge in [0, 0.05) is 13.1 Å². The van der Waals surface area contributed by atoms with Crippen LogP contribution in [0.2, 0.25) is 0 Å². The van der Waals surface area contributed by atoms with E-state index in [0.717, 1.165) is 23.3 Å². The van der Waals surface area contributed by atoms with Gasteiger partial charge in [-0.2, -0.15) is 0 Å². The third kappa shape index (κ3) is 4.48. The molecule has 0 radical (unpaired) electrons. The second-order valence-corrected chi connectivity index (χ2v) is 5.39. The van der Waals surface area contributed by atoms with Crippen molar-refractivity contribution < 1.29 is 14.3 Å². The number of benzene rings is 1. The van der Waals surface area contributed by atoms with E-state index in [2.05, 4.69) is 5.32 Å². The van der Waals surface area contributed by atoms with Crippen molar-refractivity contribution in [3.05, 3.63) is 29.3 Å². The van der Waals surface area contributed by atoms with E-state index in [1.54, 1.807) is 4.90 Å². The molecule has 0 spiro atoms. The molecule has 5 nitrogen and oxygen atoms in total. The highest BCUT2D eigenvalue weighted by Gasteiger charge is 2.19. The molecule has 1 N–H and O–H groups in total. The first kappa shape index (κ1) is 15.4. The van der Waals surface area contributed by atoms with Crippen LogP contribution in [0.3, 0.4) is 0 Å². The zero-order valence-corrected chi connectivity index (χ0v) is 12.6. The van der Waals surface area contributed by atoms with E-state index in [4.69, 9.17) is 4.74 Å². The molecule has 1 aromatic rings. The summed E-state index contributed by atoms with van der Waals surface area (Å²) in [6.07, 6.45) is 1.09. The zero-order chi connectivity index (χ0) is 15.2. The Hall–Kier alpha value is -2.04. The van der Waals surface area contributed by atoms with Gasteiger partial charge in [0.25, 0.3) is 0 Å². The second kappa shape index (κ2) is 7.11. The maximum atomic E-state index is 12.1. The number of hydrogen-bond donors (Lipinski definition) is 1. The van der Waals surface area contributed by atoms with Crippen LogP contribution in [0, 0.1) is 13.8 Å². The number of hydrogen-bond acceptors (Lipinski definition) is 3. The lowest BCUT2D eigenvalue weighted by molar-refractivity contribution is -0.135. The van der Waals surface area contributed by atoms with Gasteiger partial charge in [-0.3, -0.25) is 9.59 Å². The van der Waals surface area contributed by atoms with Crippen molar-refractivity contribution in [2.45, 2.75) is 26.7 Å². The molecule has 0 bridgehead atoms. The molecule has 1 aliphatic rings. The third-order valence-corrected chi connectivity index (χ3v) is 3.53. The number of rotatable bonds is 4. The molecule has 2 amide bonds. The molecule has 5 heteroatoms. The van der Waals surface area contributed by atoms with Crippen LogP contribution in [0.25, 0.3) is 0 Å². The summed E-state index contributed by atoms with van der Waals surface area (Å²) in [7, 11) is 0. The molecule has 0 atom stereocenters. The predicted molar refractivity (Wildman–Crippen MR) is 80.2 cm³/mol. The van der Waals surface area contributed by atoms with Crippen molar-refractivity contribution in [2.75, 3.05) is 26.2 Å². The molecule has 21 heavy (non-hydrogen) atoms. The SMILES string of the molecule is Cc1ccc(C)c(OCCC(=O)N2CCCNC(=O)C2)c1. The van der Waals surface area contributed by atoms with Crippen LogP contribution in [0.4, 0.5) is 0 Å². The van der Waals surface area contributed by atoms with Crippen molar-refractivity contribution in [1.29, 1.82) is 0 Å². The minimum absolute atomic E-state index is 0.0302. The van der Waals surface area contributed by atoms with Gasteiger partial charge in [-0.05, 0) is 37.5 Å². The standard InChI is InChI=1S/C16H22N2O3/c1-12-4-5-13(2)14(10-12)21-9-6-16(20)18-8-3-7-17-15(19)11-18/h4-5,10H,3,6-9,11H2,1-2H3,(H,17,19). The maximum Gasteiger partial charge on any atom is 0.239 e. The van der Waals surface area contributed by atoms with Crippen molar-refractivity contribution in [3.8, 4) is 5.75 Å². The minimum atomic E-state index is -0.0868. The van der Waals surface area contributed by atoms with Gasteiger partial charge in [-0.15, -0.1) is 0 Å². The van der Waals surface area contributed by atoms with Gasteiger partial charge in [0.2, 0.25) is 11.8 Å². The molecule has 0 aromatic heterocycles. The number of nitrogens with zero attached hydrogens (tertiary/aromatic N) is 1. The van der Waals surface area contributed by atoms with Crippen LogP contribution >= 0.6 is 0 Å². The molecule has 1 saturated heterocycles. The number of carbonyl (C=O) groups excluding carboxylic acids is 2. The first-order chi connectivity index (χ1) is 10.1. The van der Waals surface area contributed by atoms with Gasteiger partial charge >= 0.3 is 0 Å². The maximum absolute atomic E-state index is 12.1. The second-order valence-electron chi connectivity index (χ2n) is 5.39.